The number of carbonyl (C=O) groups excluding carboxylic acids is 2. The number of nitrogens with zero attached hydrogens (tertiary/aromatic N) is 4. The van der Waals surface area contributed by atoms with Gasteiger partial charge in [0.2, 0.25) is 0 Å². The largest absolute Gasteiger partial charge is 0.497 e. The maximum Gasteiger partial charge on any atom is 0.256 e. The number of para-hydroxylation sites is 1. The third-order valence-corrected chi connectivity index (χ3v) is 5.60. The van der Waals surface area contributed by atoms with Crippen LogP contribution in [-0.4, -0.2) is 60.0 Å². The highest BCUT2D eigenvalue weighted by atomic mass is 16.5. The zero-order chi connectivity index (χ0) is 23.4. The van der Waals surface area contributed by atoms with E-state index in [4.69, 9.17) is 4.74 Å². The van der Waals surface area contributed by atoms with Gasteiger partial charge in [-0.1, -0.05) is 12.1 Å². The van der Waals surface area contributed by atoms with Crippen LogP contribution in [0.3, 0.4) is 0 Å². The van der Waals surface area contributed by atoms with Crippen molar-refractivity contribution in [2.24, 2.45) is 0 Å². The van der Waals surface area contributed by atoms with Gasteiger partial charge >= 0.3 is 0 Å². The molecule has 8 nitrogen and oxygen atoms in total. The predicted molar refractivity (Wildman–Crippen MR) is 127 cm³/mol. The minimum Gasteiger partial charge on any atom is -0.497 e. The van der Waals surface area contributed by atoms with Crippen LogP contribution in [0.1, 0.15) is 32.2 Å². The molecule has 8 heteroatoms. The maximum absolute atomic E-state index is 13.3. The summed E-state index contributed by atoms with van der Waals surface area (Å²) >= 11 is 0. The highest BCUT2D eigenvalue weighted by Crippen LogP contribution is 2.21. The van der Waals surface area contributed by atoms with Crippen LogP contribution < -0.4 is 15.0 Å². The fourth-order valence-electron chi connectivity index (χ4n) is 3.88. The molecule has 2 heterocycles. The van der Waals surface area contributed by atoms with Crippen molar-refractivity contribution < 1.29 is 14.3 Å². The lowest BCUT2D eigenvalue weighted by atomic mass is 10.1. The van der Waals surface area contributed by atoms with E-state index in [1.165, 1.54) is 0 Å². The molecule has 0 spiro atoms. The fraction of sp³-hybridized carbons (Fsp3) is 0.280. The number of piperazine rings is 1. The van der Waals surface area contributed by atoms with Crippen molar-refractivity contribution in [2.45, 2.75) is 13.8 Å². The van der Waals surface area contributed by atoms with Crippen molar-refractivity contribution in [2.75, 3.05) is 43.5 Å². The maximum atomic E-state index is 13.3. The Bertz CT molecular complexity index is 1130. The lowest BCUT2D eigenvalue weighted by molar-refractivity contribution is 0.0747. The average Bonchev–Trinajstić information content (AvgIpc) is 2.83. The van der Waals surface area contributed by atoms with Crippen molar-refractivity contribution in [3.63, 3.8) is 0 Å². The Kier molecular flexibility index (Phi) is 6.53. The summed E-state index contributed by atoms with van der Waals surface area (Å²) in [6.07, 6.45) is 0. The summed E-state index contributed by atoms with van der Waals surface area (Å²) in [6.45, 7) is 6.34. The number of benzene rings is 2. The molecular formula is C25H27N5O3. The zero-order valence-corrected chi connectivity index (χ0v) is 19.0. The third-order valence-electron chi connectivity index (χ3n) is 5.60. The molecule has 1 N–H and O–H groups in total. The third kappa shape index (κ3) is 5.11. The number of hydrogen-bond acceptors (Lipinski definition) is 6. The number of ether oxygens (including phenoxy) is 1. The van der Waals surface area contributed by atoms with Gasteiger partial charge in [0.15, 0.2) is 0 Å². The van der Waals surface area contributed by atoms with Crippen LogP contribution in [0.15, 0.2) is 54.6 Å². The number of hydrogen-bond donors (Lipinski definition) is 1. The highest BCUT2D eigenvalue weighted by Gasteiger charge is 2.25. The van der Waals surface area contributed by atoms with Crippen LogP contribution in [0.5, 0.6) is 5.75 Å². The first-order chi connectivity index (χ1) is 15.9. The molecule has 4 rings (SSSR count). The molecule has 0 radical (unpaired) electrons. The van der Waals surface area contributed by atoms with Crippen molar-refractivity contribution in [1.82, 2.24) is 14.9 Å². The van der Waals surface area contributed by atoms with Crippen LogP contribution in [0, 0.1) is 13.8 Å². The molecule has 170 valence electrons. The summed E-state index contributed by atoms with van der Waals surface area (Å²) in [4.78, 5) is 38.9. The van der Waals surface area contributed by atoms with E-state index in [0.29, 0.717) is 48.7 Å². The van der Waals surface area contributed by atoms with E-state index < -0.39 is 0 Å². The molecule has 2 aromatic carbocycles. The summed E-state index contributed by atoms with van der Waals surface area (Å²) in [7, 11) is 1.58. The molecule has 0 atom stereocenters. The van der Waals surface area contributed by atoms with Crippen molar-refractivity contribution in [3.8, 4) is 5.75 Å². The normalized spacial score (nSPS) is 13.5. The van der Waals surface area contributed by atoms with Gasteiger partial charge < -0.3 is 19.9 Å². The summed E-state index contributed by atoms with van der Waals surface area (Å²) in [5.41, 5.74) is 2.38. The van der Waals surface area contributed by atoms with Gasteiger partial charge in [0.25, 0.3) is 11.8 Å². The Labute approximate surface area is 193 Å². The first-order valence-electron chi connectivity index (χ1n) is 10.9. The smallest absolute Gasteiger partial charge is 0.256 e. The quantitative estimate of drug-likeness (QED) is 0.648. The predicted octanol–water partition coefficient (Wildman–Crippen LogP) is 3.32. The Morgan fingerprint density at radius 1 is 0.939 bits per heavy atom. The highest BCUT2D eigenvalue weighted by molar-refractivity contribution is 6.09. The molecule has 1 aliphatic rings. The monoisotopic (exact) mass is 445 g/mol. The van der Waals surface area contributed by atoms with Crippen LogP contribution in [0.25, 0.3) is 0 Å². The first kappa shape index (κ1) is 22.3. The van der Waals surface area contributed by atoms with Crippen molar-refractivity contribution in [1.29, 1.82) is 0 Å². The number of anilines is 2. The fourth-order valence-corrected chi connectivity index (χ4v) is 3.88. The molecule has 1 fully saturated rings. The molecular weight excluding hydrogens is 418 g/mol. The Morgan fingerprint density at radius 2 is 1.64 bits per heavy atom. The SMILES string of the molecule is COc1ccc(C(=O)Nc2ccccc2C(=O)N2CCN(c3cc(C)nc(C)n3)CC2)cc1. The first-order valence-corrected chi connectivity index (χ1v) is 10.9. The lowest BCUT2D eigenvalue weighted by Gasteiger charge is -2.35. The van der Waals surface area contributed by atoms with E-state index in [2.05, 4.69) is 20.2 Å². The molecule has 33 heavy (non-hydrogen) atoms. The second-order valence-corrected chi connectivity index (χ2v) is 7.92. The Balaban J connectivity index is 1.44. The molecule has 0 bridgehead atoms. The Morgan fingerprint density at radius 3 is 2.30 bits per heavy atom. The van der Waals surface area contributed by atoms with Crippen LogP contribution in [-0.2, 0) is 0 Å². The summed E-state index contributed by atoms with van der Waals surface area (Å²) < 4.78 is 5.14. The molecule has 3 aromatic rings. The summed E-state index contributed by atoms with van der Waals surface area (Å²) in [5.74, 6) is 1.92. The summed E-state index contributed by atoms with van der Waals surface area (Å²) in [5, 5.41) is 2.88. The van der Waals surface area contributed by atoms with E-state index >= 15 is 0 Å². The molecule has 1 saturated heterocycles. The number of aryl methyl sites for hydroxylation is 2. The standard InChI is InChI=1S/C25H27N5O3/c1-17-16-23(27-18(2)26-17)29-12-14-30(15-13-29)25(32)21-6-4-5-7-22(21)28-24(31)19-8-10-20(33-3)11-9-19/h4-11,16H,12-15H2,1-3H3,(H,28,31). The van der Waals surface area contributed by atoms with Gasteiger partial charge in [0.05, 0.1) is 18.4 Å². The van der Waals surface area contributed by atoms with Gasteiger partial charge in [-0.3, -0.25) is 9.59 Å². The van der Waals surface area contributed by atoms with Gasteiger partial charge in [0.1, 0.15) is 17.4 Å². The van der Waals surface area contributed by atoms with E-state index in [0.717, 1.165) is 17.3 Å². The molecule has 0 aliphatic carbocycles. The van der Waals surface area contributed by atoms with Gasteiger partial charge in [-0.05, 0) is 50.2 Å². The van der Waals surface area contributed by atoms with Gasteiger partial charge in [-0.15, -0.1) is 0 Å². The average molecular weight is 446 g/mol. The zero-order valence-electron chi connectivity index (χ0n) is 19.0. The van der Waals surface area contributed by atoms with E-state index in [1.807, 2.05) is 24.8 Å². The number of carbonyl (C=O) groups is 2. The molecule has 1 aromatic heterocycles. The lowest BCUT2D eigenvalue weighted by Crippen LogP contribution is -2.49. The van der Waals surface area contributed by atoms with Gasteiger partial charge in [0, 0.05) is 43.5 Å². The van der Waals surface area contributed by atoms with Crippen molar-refractivity contribution >= 4 is 23.3 Å². The van der Waals surface area contributed by atoms with Crippen LogP contribution in [0.2, 0.25) is 0 Å². The van der Waals surface area contributed by atoms with Crippen LogP contribution in [0.4, 0.5) is 11.5 Å². The number of methoxy groups -OCH3 is 1. The molecule has 0 saturated carbocycles. The molecule has 2 amide bonds. The second kappa shape index (κ2) is 9.68. The van der Waals surface area contributed by atoms with Crippen LogP contribution >= 0.6 is 0 Å². The topological polar surface area (TPSA) is 87.7 Å². The molecule has 1 aliphatic heterocycles. The second-order valence-electron chi connectivity index (χ2n) is 7.92. The van der Waals surface area contributed by atoms with E-state index in [-0.39, 0.29) is 11.8 Å². The van der Waals surface area contributed by atoms with E-state index in [1.54, 1.807) is 55.6 Å². The number of aromatic nitrogens is 2. The number of rotatable bonds is 5. The van der Waals surface area contributed by atoms with Gasteiger partial charge in [-0.25, -0.2) is 9.97 Å². The van der Waals surface area contributed by atoms with Gasteiger partial charge in [-0.2, -0.15) is 0 Å². The summed E-state index contributed by atoms with van der Waals surface area (Å²) in [6, 6.07) is 15.9. The Hall–Kier alpha value is -3.94. The van der Waals surface area contributed by atoms with E-state index in [9.17, 15) is 9.59 Å². The van der Waals surface area contributed by atoms with Crippen molar-refractivity contribution in [3.05, 3.63) is 77.2 Å². The number of amides is 2. The number of nitrogens with one attached hydrogen (secondary N) is 1. The minimum absolute atomic E-state index is 0.102. The molecule has 0 unspecified atom stereocenters. The minimum atomic E-state index is -0.280.